The van der Waals surface area contributed by atoms with Crippen LogP contribution in [0.1, 0.15) is 24.3 Å². The van der Waals surface area contributed by atoms with Gasteiger partial charge in [-0.3, -0.25) is 0 Å². The third-order valence-corrected chi connectivity index (χ3v) is 3.45. The number of carboxylic acids is 1. The van der Waals surface area contributed by atoms with Gasteiger partial charge in [-0.15, -0.1) is 0 Å². The van der Waals surface area contributed by atoms with Crippen LogP contribution in [0.3, 0.4) is 0 Å². The fourth-order valence-corrected chi connectivity index (χ4v) is 2.43. The molecule has 3 rings (SSSR count). The Morgan fingerprint density at radius 1 is 1.08 bits per heavy atom. The second-order valence-electron chi connectivity index (χ2n) is 5.66. The molecule has 3 aromatic rings. The molecule has 0 spiro atoms. The summed E-state index contributed by atoms with van der Waals surface area (Å²) < 4.78 is 7.29. The summed E-state index contributed by atoms with van der Waals surface area (Å²) in [5.41, 5.74) is 2.41. The van der Waals surface area contributed by atoms with Crippen molar-refractivity contribution in [3.63, 3.8) is 0 Å². The molecule has 1 heterocycles. The number of aromatic nitrogens is 2. The zero-order valence-electron chi connectivity index (χ0n) is 13.5. The first-order chi connectivity index (χ1) is 11.5. The van der Waals surface area contributed by atoms with E-state index in [2.05, 4.69) is 5.10 Å². The van der Waals surface area contributed by atoms with Crippen molar-refractivity contribution < 1.29 is 14.6 Å². The molecule has 0 aliphatic rings. The Kier molecular flexibility index (Phi) is 4.33. The number of rotatable bonds is 5. The average Bonchev–Trinajstić information content (AvgIpc) is 3.01. The van der Waals surface area contributed by atoms with Crippen molar-refractivity contribution >= 4 is 5.97 Å². The first-order valence-corrected chi connectivity index (χ1v) is 7.70. The molecule has 1 aromatic heterocycles. The third-order valence-electron chi connectivity index (χ3n) is 3.45. The number of hydrogen-bond donors (Lipinski definition) is 1. The lowest BCUT2D eigenvalue weighted by atomic mass is 10.1. The molecule has 0 aliphatic heterocycles. The van der Waals surface area contributed by atoms with E-state index in [4.69, 9.17) is 4.74 Å². The average molecular weight is 322 g/mol. The van der Waals surface area contributed by atoms with E-state index in [1.165, 1.54) is 0 Å². The number of aromatic carboxylic acids is 1. The van der Waals surface area contributed by atoms with Crippen LogP contribution < -0.4 is 4.74 Å². The highest BCUT2D eigenvalue weighted by atomic mass is 16.5. The Balaban J connectivity index is 2.05. The van der Waals surface area contributed by atoms with E-state index in [-0.39, 0.29) is 11.8 Å². The number of para-hydroxylation sites is 1. The van der Waals surface area contributed by atoms with Crippen molar-refractivity contribution in [2.75, 3.05) is 0 Å². The Labute approximate surface area is 140 Å². The molecule has 0 bridgehead atoms. The fraction of sp³-hybridized carbons (Fsp3) is 0.158. The molecule has 0 aliphatic carbocycles. The van der Waals surface area contributed by atoms with Gasteiger partial charge < -0.3 is 9.84 Å². The molecule has 0 saturated carbocycles. The molecule has 1 N–H and O–H groups in total. The van der Waals surface area contributed by atoms with Crippen LogP contribution in [-0.2, 0) is 0 Å². The molecule has 0 amide bonds. The van der Waals surface area contributed by atoms with Crippen molar-refractivity contribution in [2.24, 2.45) is 0 Å². The van der Waals surface area contributed by atoms with Crippen molar-refractivity contribution in [3.05, 3.63) is 66.4 Å². The van der Waals surface area contributed by atoms with Gasteiger partial charge in [0.15, 0.2) is 5.69 Å². The van der Waals surface area contributed by atoms with E-state index >= 15 is 0 Å². The lowest BCUT2D eigenvalue weighted by molar-refractivity contribution is 0.0690. The third kappa shape index (κ3) is 3.30. The van der Waals surface area contributed by atoms with Crippen LogP contribution in [0.5, 0.6) is 5.75 Å². The minimum atomic E-state index is -1.05. The van der Waals surface area contributed by atoms with Gasteiger partial charge in [-0.05, 0) is 56.3 Å². The zero-order chi connectivity index (χ0) is 17.1. The number of carboxylic acid groups (broad SMARTS) is 1. The standard InChI is InChI=1S/C19H18N2O3/c1-13(2)24-16-10-8-14(9-11-16)18-12-17(19(22)23)20-21(18)15-6-4-3-5-7-15/h3-13H,1-2H3,(H,22,23). The maximum Gasteiger partial charge on any atom is 0.356 e. The predicted octanol–water partition coefficient (Wildman–Crippen LogP) is 4.02. The van der Waals surface area contributed by atoms with E-state index in [0.717, 1.165) is 22.7 Å². The summed E-state index contributed by atoms with van der Waals surface area (Å²) in [4.78, 5) is 11.3. The molecule has 122 valence electrons. The maximum atomic E-state index is 11.3. The second-order valence-corrected chi connectivity index (χ2v) is 5.66. The molecule has 0 saturated heterocycles. The van der Waals surface area contributed by atoms with Gasteiger partial charge in [0.1, 0.15) is 5.75 Å². The monoisotopic (exact) mass is 322 g/mol. The lowest BCUT2D eigenvalue weighted by Crippen LogP contribution is -2.05. The number of ether oxygens (including phenoxy) is 1. The van der Waals surface area contributed by atoms with Gasteiger partial charge in [0.25, 0.3) is 0 Å². The predicted molar refractivity (Wildman–Crippen MR) is 91.7 cm³/mol. The summed E-state index contributed by atoms with van der Waals surface area (Å²) in [7, 11) is 0. The van der Waals surface area contributed by atoms with Crippen LogP contribution in [0, 0.1) is 0 Å². The smallest absolute Gasteiger partial charge is 0.356 e. The second kappa shape index (κ2) is 6.58. The summed E-state index contributed by atoms with van der Waals surface area (Å²) in [6, 6.07) is 18.6. The molecule has 0 atom stereocenters. The van der Waals surface area contributed by atoms with Crippen LogP contribution in [0.25, 0.3) is 16.9 Å². The fourth-order valence-electron chi connectivity index (χ4n) is 2.43. The van der Waals surface area contributed by atoms with Gasteiger partial charge in [-0.25, -0.2) is 9.48 Å². The highest BCUT2D eigenvalue weighted by Gasteiger charge is 2.16. The minimum Gasteiger partial charge on any atom is -0.491 e. The first kappa shape index (κ1) is 15.8. The number of hydrogen-bond acceptors (Lipinski definition) is 3. The van der Waals surface area contributed by atoms with E-state index in [0.29, 0.717) is 0 Å². The summed E-state index contributed by atoms with van der Waals surface area (Å²) >= 11 is 0. The van der Waals surface area contributed by atoms with Gasteiger partial charge >= 0.3 is 5.97 Å². The van der Waals surface area contributed by atoms with E-state index in [9.17, 15) is 9.90 Å². The van der Waals surface area contributed by atoms with E-state index in [1.54, 1.807) is 10.7 Å². The molecule has 2 aromatic carbocycles. The Bertz CT molecular complexity index is 837. The van der Waals surface area contributed by atoms with Crippen molar-refractivity contribution in [2.45, 2.75) is 20.0 Å². The van der Waals surface area contributed by atoms with Crippen LogP contribution in [0.4, 0.5) is 0 Å². The van der Waals surface area contributed by atoms with E-state index in [1.807, 2.05) is 68.4 Å². The lowest BCUT2D eigenvalue weighted by Gasteiger charge is -2.11. The number of benzene rings is 2. The van der Waals surface area contributed by atoms with E-state index < -0.39 is 5.97 Å². The Morgan fingerprint density at radius 3 is 2.33 bits per heavy atom. The molecule has 5 nitrogen and oxygen atoms in total. The van der Waals surface area contributed by atoms with Crippen LogP contribution in [0.2, 0.25) is 0 Å². The number of nitrogens with zero attached hydrogens (tertiary/aromatic N) is 2. The SMILES string of the molecule is CC(C)Oc1ccc(-c2cc(C(=O)O)nn2-c2ccccc2)cc1. The molecule has 24 heavy (non-hydrogen) atoms. The van der Waals surface area contributed by atoms with Crippen LogP contribution in [-0.4, -0.2) is 27.0 Å². The Morgan fingerprint density at radius 2 is 1.75 bits per heavy atom. The topological polar surface area (TPSA) is 64.3 Å². The Hall–Kier alpha value is -3.08. The largest absolute Gasteiger partial charge is 0.491 e. The molecule has 0 fully saturated rings. The maximum absolute atomic E-state index is 11.3. The normalized spacial score (nSPS) is 10.8. The summed E-state index contributed by atoms with van der Waals surface area (Å²) in [6.07, 6.45) is 0.101. The molecule has 0 radical (unpaired) electrons. The first-order valence-electron chi connectivity index (χ1n) is 7.70. The van der Waals surface area contributed by atoms with Crippen LogP contribution >= 0.6 is 0 Å². The summed E-state index contributed by atoms with van der Waals surface area (Å²) in [5.74, 6) is -0.274. The van der Waals surface area contributed by atoms with Crippen LogP contribution in [0.15, 0.2) is 60.7 Å². The molecule has 5 heteroatoms. The molecular formula is C19H18N2O3. The summed E-state index contributed by atoms with van der Waals surface area (Å²) in [5, 5.41) is 13.5. The minimum absolute atomic E-state index is 0.0105. The van der Waals surface area contributed by atoms with Crippen molar-refractivity contribution in [3.8, 4) is 22.7 Å². The zero-order valence-corrected chi connectivity index (χ0v) is 13.5. The molecular weight excluding hydrogens is 304 g/mol. The highest BCUT2D eigenvalue weighted by Crippen LogP contribution is 2.26. The number of carbonyl (C=O) groups is 1. The van der Waals surface area contributed by atoms with Crippen molar-refractivity contribution in [1.29, 1.82) is 0 Å². The van der Waals surface area contributed by atoms with Gasteiger partial charge in [0.2, 0.25) is 0 Å². The quantitative estimate of drug-likeness (QED) is 0.770. The van der Waals surface area contributed by atoms with Crippen molar-refractivity contribution in [1.82, 2.24) is 9.78 Å². The summed E-state index contributed by atoms with van der Waals surface area (Å²) in [6.45, 7) is 3.94. The van der Waals surface area contributed by atoms with Gasteiger partial charge in [0.05, 0.1) is 17.5 Å². The van der Waals surface area contributed by atoms with Gasteiger partial charge in [0, 0.05) is 5.56 Å². The van der Waals surface area contributed by atoms with Gasteiger partial charge in [-0.2, -0.15) is 5.10 Å². The van der Waals surface area contributed by atoms with Gasteiger partial charge in [-0.1, -0.05) is 18.2 Å². The highest BCUT2D eigenvalue weighted by molar-refractivity contribution is 5.87. The molecule has 0 unspecified atom stereocenters.